The predicted octanol–water partition coefficient (Wildman–Crippen LogP) is 5.03. The first-order valence-corrected chi connectivity index (χ1v) is 11.5. The Morgan fingerprint density at radius 2 is 1.68 bits per heavy atom. The smallest absolute Gasteiger partial charge is 0.146 e. The van der Waals surface area contributed by atoms with Gasteiger partial charge in [0, 0.05) is 31.9 Å². The number of aromatic nitrogens is 2. The second-order valence-corrected chi connectivity index (χ2v) is 8.51. The first-order valence-electron chi connectivity index (χ1n) is 11.5. The molecule has 2 heterocycles. The van der Waals surface area contributed by atoms with Gasteiger partial charge in [0.2, 0.25) is 0 Å². The van der Waals surface area contributed by atoms with Gasteiger partial charge in [0.05, 0.1) is 17.1 Å². The molecule has 0 radical (unpaired) electrons. The van der Waals surface area contributed by atoms with E-state index in [-0.39, 0.29) is 5.82 Å². The Balaban J connectivity index is 1.33. The summed E-state index contributed by atoms with van der Waals surface area (Å²) in [6, 6.07) is 18.0. The number of rotatable bonds is 8. The van der Waals surface area contributed by atoms with E-state index < -0.39 is 0 Å². The molecule has 0 N–H and O–H groups in total. The molecule has 0 saturated carbocycles. The highest BCUT2D eigenvalue weighted by Crippen LogP contribution is 2.21. The topological polar surface area (TPSA) is 24.3 Å². The molecule has 1 fully saturated rings. The minimum atomic E-state index is -0.122. The third kappa shape index (κ3) is 5.34. The SMILES string of the molecule is CCCc1cc(CCCN2CCN(c3ccccc3F)CC2)n(-c2ccc(C)cc2)n1. The summed E-state index contributed by atoms with van der Waals surface area (Å²) in [7, 11) is 0. The predicted molar refractivity (Wildman–Crippen MR) is 126 cm³/mol. The Bertz CT molecular complexity index is 971. The number of aryl methyl sites for hydroxylation is 3. The van der Waals surface area contributed by atoms with Gasteiger partial charge in [0.1, 0.15) is 5.82 Å². The molecule has 1 saturated heterocycles. The second-order valence-electron chi connectivity index (χ2n) is 8.51. The average Bonchev–Trinajstić information content (AvgIpc) is 3.18. The van der Waals surface area contributed by atoms with E-state index in [1.807, 2.05) is 12.1 Å². The lowest BCUT2D eigenvalue weighted by Gasteiger charge is -2.36. The molecule has 5 heteroatoms. The zero-order chi connectivity index (χ0) is 21.6. The number of hydrogen-bond acceptors (Lipinski definition) is 3. The molecule has 0 spiro atoms. The molecule has 1 aliphatic heterocycles. The Morgan fingerprint density at radius 1 is 0.935 bits per heavy atom. The van der Waals surface area contributed by atoms with Crippen molar-refractivity contribution in [2.24, 2.45) is 0 Å². The van der Waals surface area contributed by atoms with Crippen LogP contribution in [-0.2, 0) is 12.8 Å². The fourth-order valence-corrected chi connectivity index (χ4v) is 4.35. The normalized spacial score (nSPS) is 14.9. The Hall–Kier alpha value is -2.66. The summed E-state index contributed by atoms with van der Waals surface area (Å²) in [6.45, 7) is 9.09. The molecule has 0 amide bonds. The summed E-state index contributed by atoms with van der Waals surface area (Å²) < 4.78 is 16.2. The van der Waals surface area contributed by atoms with Crippen LogP contribution >= 0.6 is 0 Å². The van der Waals surface area contributed by atoms with Crippen molar-refractivity contribution in [3.8, 4) is 5.69 Å². The molecule has 31 heavy (non-hydrogen) atoms. The number of piperazine rings is 1. The van der Waals surface area contributed by atoms with Crippen molar-refractivity contribution in [3.63, 3.8) is 0 Å². The summed E-state index contributed by atoms with van der Waals surface area (Å²) in [4.78, 5) is 4.66. The van der Waals surface area contributed by atoms with E-state index in [0.29, 0.717) is 0 Å². The standard InChI is InChI=1S/C26H33FN4/c1-3-7-22-20-24(31(28-22)23-13-11-21(2)12-14-23)8-6-15-29-16-18-30(19-17-29)26-10-5-4-9-25(26)27/h4-5,9-14,20H,3,6-8,15-19H2,1-2H3. The summed E-state index contributed by atoms with van der Waals surface area (Å²) >= 11 is 0. The lowest BCUT2D eigenvalue weighted by Crippen LogP contribution is -2.47. The number of anilines is 1. The highest BCUT2D eigenvalue weighted by molar-refractivity contribution is 5.48. The highest BCUT2D eigenvalue weighted by atomic mass is 19.1. The van der Waals surface area contributed by atoms with Crippen LogP contribution in [0.5, 0.6) is 0 Å². The van der Waals surface area contributed by atoms with Crippen molar-refractivity contribution in [2.75, 3.05) is 37.6 Å². The fraction of sp³-hybridized carbons (Fsp3) is 0.423. The van der Waals surface area contributed by atoms with Crippen LogP contribution in [-0.4, -0.2) is 47.4 Å². The maximum absolute atomic E-state index is 14.1. The van der Waals surface area contributed by atoms with E-state index >= 15 is 0 Å². The maximum Gasteiger partial charge on any atom is 0.146 e. The molecule has 1 aliphatic rings. The van der Waals surface area contributed by atoms with Crippen LogP contribution in [0.15, 0.2) is 54.6 Å². The van der Waals surface area contributed by atoms with Gasteiger partial charge in [-0.2, -0.15) is 5.10 Å². The number of halogens is 1. The molecule has 2 aromatic carbocycles. The third-order valence-electron chi connectivity index (χ3n) is 6.09. The van der Waals surface area contributed by atoms with Gasteiger partial charge in [0.15, 0.2) is 0 Å². The first kappa shape index (κ1) is 21.6. The van der Waals surface area contributed by atoms with Gasteiger partial charge in [-0.25, -0.2) is 9.07 Å². The van der Waals surface area contributed by atoms with E-state index in [2.05, 4.69) is 58.7 Å². The lowest BCUT2D eigenvalue weighted by molar-refractivity contribution is 0.254. The van der Waals surface area contributed by atoms with Crippen LogP contribution in [0.1, 0.15) is 36.7 Å². The number of nitrogens with zero attached hydrogens (tertiary/aromatic N) is 4. The largest absolute Gasteiger partial charge is 0.367 e. The molecule has 0 atom stereocenters. The van der Waals surface area contributed by atoms with Crippen LogP contribution in [0.4, 0.5) is 10.1 Å². The quantitative estimate of drug-likeness (QED) is 0.511. The van der Waals surface area contributed by atoms with Crippen molar-refractivity contribution in [2.45, 2.75) is 39.5 Å². The van der Waals surface area contributed by atoms with E-state index in [9.17, 15) is 4.39 Å². The number of benzene rings is 2. The van der Waals surface area contributed by atoms with Crippen molar-refractivity contribution < 1.29 is 4.39 Å². The average molecular weight is 421 g/mol. The van der Waals surface area contributed by atoms with Gasteiger partial charge in [-0.1, -0.05) is 43.2 Å². The van der Waals surface area contributed by atoms with Crippen LogP contribution in [0.3, 0.4) is 0 Å². The Morgan fingerprint density at radius 3 is 2.39 bits per heavy atom. The monoisotopic (exact) mass is 420 g/mol. The summed E-state index contributed by atoms with van der Waals surface area (Å²) in [5, 5.41) is 4.88. The summed E-state index contributed by atoms with van der Waals surface area (Å²) in [5.74, 6) is -0.122. The van der Waals surface area contributed by atoms with Gasteiger partial charge < -0.3 is 4.90 Å². The van der Waals surface area contributed by atoms with Gasteiger partial charge in [-0.3, -0.25) is 4.90 Å². The maximum atomic E-state index is 14.1. The Labute approximate surface area is 185 Å². The third-order valence-corrected chi connectivity index (χ3v) is 6.09. The molecule has 0 unspecified atom stereocenters. The number of hydrogen-bond donors (Lipinski definition) is 0. The zero-order valence-electron chi connectivity index (χ0n) is 18.7. The summed E-state index contributed by atoms with van der Waals surface area (Å²) in [5.41, 5.74) is 5.60. The van der Waals surface area contributed by atoms with Crippen molar-refractivity contribution in [1.29, 1.82) is 0 Å². The molecule has 0 aliphatic carbocycles. The molecule has 4 nitrogen and oxygen atoms in total. The van der Waals surface area contributed by atoms with Crippen molar-refractivity contribution >= 4 is 5.69 Å². The van der Waals surface area contributed by atoms with Crippen LogP contribution in [0.2, 0.25) is 0 Å². The molecule has 164 valence electrons. The molecule has 0 bridgehead atoms. The van der Waals surface area contributed by atoms with Gasteiger partial charge in [-0.05, 0) is 63.1 Å². The molecule has 3 aromatic rings. The minimum Gasteiger partial charge on any atom is -0.367 e. The van der Waals surface area contributed by atoms with Crippen LogP contribution < -0.4 is 4.90 Å². The zero-order valence-corrected chi connectivity index (χ0v) is 18.7. The fourth-order valence-electron chi connectivity index (χ4n) is 4.35. The van der Waals surface area contributed by atoms with Crippen molar-refractivity contribution in [1.82, 2.24) is 14.7 Å². The van der Waals surface area contributed by atoms with Gasteiger partial charge in [0.25, 0.3) is 0 Å². The van der Waals surface area contributed by atoms with Gasteiger partial charge >= 0.3 is 0 Å². The van der Waals surface area contributed by atoms with Gasteiger partial charge in [-0.15, -0.1) is 0 Å². The molecular weight excluding hydrogens is 387 g/mol. The van der Waals surface area contributed by atoms with E-state index in [1.165, 1.54) is 17.0 Å². The van der Waals surface area contributed by atoms with E-state index in [1.54, 1.807) is 12.1 Å². The lowest BCUT2D eigenvalue weighted by atomic mass is 10.1. The minimum absolute atomic E-state index is 0.122. The van der Waals surface area contributed by atoms with Crippen LogP contribution in [0.25, 0.3) is 5.69 Å². The van der Waals surface area contributed by atoms with E-state index in [0.717, 1.165) is 69.8 Å². The first-order chi connectivity index (χ1) is 15.1. The molecule has 1 aromatic heterocycles. The number of para-hydroxylation sites is 1. The molecule has 4 rings (SSSR count). The van der Waals surface area contributed by atoms with Crippen molar-refractivity contribution in [3.05, 3.63) is 77.4 Å². The Kier molecular flexibility index (Phi) is 7.03. The van der Waals surface area contributed by atoms with Crippen LogP contribution in [0, 0.1) is 12.7 Å². The molecular formula is C26H33FN4. The summed E-state index contributed by atoms with van der Waals surface area (Å²) in [6.07, 6.45) is 4.24. The highest BCUT2D eigenvalue weighted by Gasteiger charge is 2.19. The van der Waals surface area contributed by atoms with E-state index in [4.69, 9.17) is 5.10 Å². The second kappa shape index (κ2) is 10.1.